The third kappa shape index (κ3) is 4.14. The van der Waals surface area contributed by atoms with Crippen molar-refractivity contribution in [2.24, 2.45) is 0 Å². The molecule has 0 atom stereocenters. The van der Waals surface area contributed by atoms with Crippen molar-refractivity contribution in [1.29, 1.82) is 0 Å². The van der Waals surface area contributed by atoms with Crippen molar-refractivity contribution in [3.63, 3.8) is 0 Å². The predicted molar refractivity (Wildman–Crippen MR) is 95.9 cm³/mol. The maximum absolute atomic E-state index is 13.6. The van der Waals surface area contributed by atoms with E-state index in [0.717, 1.165) is 5.56 Å². The summed E-state index contributed by atoms with van der Waals surface area (Å²) >= 11 is 0. The number of benzene rings is 2. The number of amides is 1. The number of hydrogen-bond acceptors (Lipinski definition) is 5. The molecule has 7 nitrogen and oxygen atoms in total. The number of carbonyl (C=O) groups excluding carboxylic acids is 1. The first-order valence-corrected chi connectivity index (χ1v) is 9.31. The van der Waals surface area contributed by atoms with E-state index in [9.17, 15) is 17.6 Å². The number of carbonyl (C=O) groups is 1. The maximum atomic E-state index is 13.6. The van der Waals surface area contributed by atoms with E-state index < -0.39 is 21.7 Å². The van der Waals surface area contributed by atoms with Crippen molar-refractivity contribution in [3.05, 3.63) is 71.8 Å². The molecular weight excluding hydrogens is 373 g/mol. The Labute approximate surface area is 155 Å². The van der Waals surface area contributed by atoms with Crippen molar-refractivity contribution in [2.45, 2.75) is 11.8 Å². The molecule has 2 aromatic carbocycles. The van der Waals surface area contributed by atoms with Gasteiger partial charge in [-0.3, -0.25) is 4.79 Å². The van der Waals surface area contributed by atoms with E-state index in [1.165, 1.54) is 54.4 Å². The highest BCUT2D eigenvalue weighted by Gasteiger charge is 2.20. The normalized spacial score (nSPS) is 11.2. The van der Waals surface area contributed by atoms with Gasteiger partial charge in [-0.25, -0.2) is 22.2 Å². The number of aromatic nitrogens is 2. The molecule has 140 valence electrons. The molecule has 1 N–H and O–H groups in total. The molecule has 0 aliphatic carbocycles. The summed E-state index contributed by atoms with van der Waals surface area (Å²) in [6.07, 6.45) is 1.42. The molecule has 0 spiro atoms. The van der Waals surface area contributed by atoms with E-state index in [0.29, 0.717) is 5.69 Å². The quantitative estimate of drug-likeness (QED) is 0.724. The van der Waals surface area contributed by atoms with Crippen LogP contribution < -0.4 is 9.46 Å². The lowest BCUT2D eigenvalue weighted by Gasteiger charge is -2.06. The average molecular weight is 389 g/mol. The zero-order valence-electron chi connectivity index (χ0n) is 14.5. The summed E-state index contributed by atoms with van der Waals surface area (Å²) in [5, 5.41) is 4.01. The van der Waals surface area contributed by atoms with E-state index in [-0.39, 0.29) is 16.3 Å². The summed E-state index contributed by atoms with van der Waals surface area (Å²) in [5.41, 5.74) is 1.09. The minimum Gasteiger partial charge on any atom is -0.497 e. The minimum atomic E-state index is -4.03. The third-order valence-corrected chi connectivity index (χ3v) is 5.08. The van der Waals surface area contributed by atoms with E-state index in [4.69, 9.17) is 4.74 Å². The number of nitrogens with one attached hydrogen (secondary N) is 1. The van der Waals surface area contributed by atoms with Crippen molar-refractivity contribution in [1.82, 2.24) is 14.5 Å². The Morgan fingerprint density at radius 3 is 2.52 bits per heavy atom. The Kier molecular flexibility index (Phi) is 4.95. The molecule has 9 heteroatoms. The molecule has 0 saturated carbocycles. The smallest absolute Gasteiger partial charge is 0.285 e. The summed E-state index contributed by atoms with van der Waals surface area (Å²) < 4.78 is 46.4. The molecule has 0 bridgehead atoms. The molecule has 0 aliphatic heterocycles. The van der Waals surface area contributed by atoms with Gasteiger partial charge in [0.15, 0.2) is 5.69 Å². The summed E-state index contributed by atoms with van der Waals surface area (Å²) in [5.74, 6) is -1.14. The largest absolute Gasteiger partial charge is 0.497 e. The second kappa shape index (κ2) is 7.20. The zero-order valence-corrected chi connectivity index (χ0v) is 15.3. The van der Waals surface area contributed by atoms with Gasteiger partial charge in [0, 0.05) is 18.3 Å². The van der Waals surface area contributed by atoms with Crippen LogP contribution in [0, 0.1) is 12.7 Å². The molecule has 0 fully saturated rings. The van der Waals surface area contributed by atoms with Crippen molar-refractivity contribution < 1.29 is 22.3 Å². The highest BCUT2D eigenvalue weighted by atomic mass is 32.2. The fraction of sp³-hybridized carbons (Fsp3) is 0.111. The van der Waals surface area contributed by atoms with Crippen LogP contribution in [0.4, 0.5) is 4.39 Å². The van der Waals surface area contributed by atoms with Crippen molar-refractivity contribution in [2.75, 3.05) is 7.11 Å². The lowest BCUT2D eigenvalue weighted by Crippen LogP contribution is -2.31. The van der Waals surface area contributed by atoms with E-state index in [2.05, 4.69) is 5.10 Å². The Morgan fingerprint density at radius 2 is 1.85 bits per heavy atom. The van der Waals surface area contributed by atoms with Gasteiger partial charge in [-0.2, -0.15) is 5.10 Å². The van der Waals surface area contributed by atoms with Gasteiger partial charge in [-0.1, -0.05) is 17.7 Å². The highest BCUT2D eigenvalue weighted by molar-refractivity contribution is 7.90. The molecule has 3 rings (SSSR count). The highest BCUT2D eigenvalue weighted by Crippen LogP contribution is 2.19. The number of rotatable bonds is 5. The van der Waals surface area contributed by atoms with E-state index >= 15 is 0 Å². The summed E-state index contributed by atoms with van der Waals surface area (Å²) in [6.45, 7) is 1.82. The number of aryl methyl sites for hydroxylation is 1. The molecular formula is C18H16FN3O4S. The summed E-state index contributed by atoms with van der Waals surface area (Å²) in [7, 11) is -2.63. The number of hydrogen-bond donors (Lipinski definition) is 1. The van der Waals surface area contributed by atoms with Crippen LogP contribution in [0.2, 0.25) is 0 Å². The van der Waals surface area contributed by atoms with Crippen LogP contribution in [0.3, 0.4) is 0 Å². The van der Waals surface area contributed by atoms with Gasteiger partial charge >= 0.3 is 0 Å². The van der Waals surface area contributed by atoms with Crippen LogP contribution in [0.1, 0.15) is 16.1 Å². The van der Waals surface area contributed by atoms with Gasteiger partial charge in [-0.15, -0.1) is 0 Å². The molecule has 27 heavy (non-hydrogen) atoms. The van der Waals surface area contributed by atoms with Crippen LogP contribution in [0.25, 0.3) is 5.69 Å². The lowest BCUT2D eigenvalue weighted by atomic mass is 10.2. The minimum absolute atomic E-state index is 0.0317. The number of nitrogens with zero attached hydrogens (tertiary/aromatic N) is 2. The topological polar surface area (TPSA) is 90.3 Å². The van der Waals surface area contributed by atoms with Crippen LogP contribution in [-0.4, -0.2) is 31.2 Å². The molecule has 0 unspecified atom stereocenters. The standard InChI is InChI=1S/C18H16FN3O4S/c1-12-3-5-16(6-4-12)27(24,25)21-18(23)17-7-8-22(20-17)14-9-13(19)10-15(11-14)26-2/h3-11H,1-2H3,(H,21,23). The van der Waals surface area contributed by atoms with Gasteiger partial charge < -0.3 is 4.74 Å². The number of ether oxygens (including phenoxy) is 1. The van der Waals surface area contributed by atoms with Gasteiger partial charge in [-0.05, 0) is 31.2 Å². The summed E-state index contributed by atoms with van der Waals surface area (Å²) in [4.78, 5) is 12.2. The number of methoxy groups -OCH3 is 1. The fourth-order valence-electron chi connectivity index (χ4n) is 2.34. The first-order valence-electron chi connectivity index (χ1n) is 7.83. The second-order valence-electron chi connectivity index (χ2n) is 5.74. The summed E-state index contributed by atoms with van der Waals surface area (Å²) in [6, 6.07) is 11.3. The van der Waals surface area contributed by atoms with Gasteiger partial charge in [0.2, 0.25) is 0 Å². The van der Waals surface area contributed by atoms with Gasteiger partial charge in [0.1, 0.15) is 11.6 Å². The van der Waals surface area contributed by atoms with Crippen LogP contribution >= 0.6 is 0 Å². The molecule has 1 aromatic heterocycles. The monoisotopic (exact) mass is 389 g/mol. The number of sulfonamides is 1. The maximum Gasteiger partial charge on any atom is 0.285 e. The van der Waals surface area contributed by atoms with Crippen LogP contribution in [0.15, 0.2) is 59.6 Å². The van der Waals surface area contributed by atoms with Crippen LogP contribution in [0.5, 0.6) is 5.75 Å². The Balaban J connectivity index is 1.83. The Hall–Kier alpha value is -3.20. The molecule has 3 aromatic rings. The van der Waals surface area contributed by atoms with Crippen molar-refractivity contribution in [3.8, 4) is 11.4 Å². The first-order chi connectivity index (χ1) is 12.8. The third-order valence-electron chi connectivity index (χ3n) is 3.74. The average Bonchev–Trinajstić information content (AvgIpc) is 3.11. The van der Waals surface area contributed by atoms with E-state index in [1.807, 2.05) is 11.6 Å². The van der Waals surface area contributed by atoms with Gasteiger partial charge in [0.05, 0.1) is 17.7 Å². The first kappa shape index (κ1) is 18.6. The number of halogens is 1. The molecule has 1 amide bonds. The zero-order chi connectivity index (χ0) is 19.6. The second-order valence-corrected chi connectivity index (χ2v) is 7.42. The molecule has 0 saturated heterocycles. The molecule has 1 heterocycles. The Bertz CT molecular complexity index is 1090. The fourth-order valence-corrected chi connectivity index (χ4v) is 3.30. The molecule has 0 aliphatic rings. The molecule has 0 radical (unpaired) electrons. The SMILES string of the molecule is COc1cc(F)cc(-n2ccc(C(=O)NS(=O)(=O)c3ccc(C)cc3)n2)c1. The van der Waals surface area contributed by atoms with E-state index in [1.54, 1.807) is 12.1 Å². The Morgan fingerprint density at radius 1 is 1.15 bits per heavy atom. The van der Waals surface area contributed by atoms with Crippen LogP contribution in [-0.2, 0) is 10.0 Å². The lowest BCUT2D eigenvalue weighted by molar-refractivity contribution is 0.0976. The predicted octanol–water partition coefficient (Wildman–Crippen LogP) is 2.45. The van der Waals surface area contributed by atoms with Gasteiger partial charge in [0.25, 0.3) is 15.9 Å². The van der Waals surface area contributed by atoms with Crippen molar-refractivity contribution >= 4 is 15.9 Å².